The summed E-state index contributed by atoms with van der Waals surface area (Å²) in [6.45, 7) is 3.92. The lowest BCUT2D eigenvalue weighted by molar-refractivity contribution is 0.414. The summed E-state index contributed by atoms with van der Waals surface area (Å²) < 4.78 is 7.05. The molecule has 1 aromatic heterocycles. The molecule has 0 atom stereocenters. The molecule has 19 heavy (non-hydrogen) atoms. The Morgan fingerprint density at radius 2 is 2.00 bits per heavy atom. The van der Waals surface area contributed by atoms with Gasteiger partial charge in [-0.15, -0.1) is 0 Å². The first-order valence-corrected chi connectivity index (χ1v) is 6.52. The minimum Gasteiger partial charge on any atom is -0.497 e. The molecule has 1 aromatic carbocycles. The maximum Gasteiger partial charge on any atom is 0.118 e. The summed E-state index contributed by atoms with van der Waals surface area (Å²) in [6.07, 6.45) is 2.94. The van der Waals surface area contributed by atoms with E-state index in [2.05, 4.69) is 29.5 Å². The fraction of sp³-hybridized carbons (Fsp3) is 0.400. The molecule has 0 aliphatic carbocycles. The molecule has 4 nitrogen and oxygen atoms in total. The van der Waals surface area contributed by atoms with Crippen molar-refractivity contribution in [3.8, 4) is 5.75 Å². The molecular weight excluding hydrogens is 238 g/mol. The van der Waals surface area contributed by atoms with Crippen LogP contribution in [0.5, 0.6) is 5.75 Å². The van der Waals surface area contributed by atoms with E-state index < -0.39 is 0 Å². The standard InChI is InChI=1S/C15H21N3O/c1-12-14(11-17-18(12)2)10-16-9-8-13-4-6-15(19-3)7-5-13/h4-7,11,16H,8-10H2,1-3H3. The maximum absolute atomic E-state index is 5.14. The van der Waals surface area contributed by atoms with Gasteiger partial charge in [-0.25, -0.2) is 0 Å². The summed E-state index contributed by atoms with van der Waals surface area (Å²) in [6, 6.07) is 8.22. The average Bonchev–Trinajstić information content (AvgIpc) is 2.76. The van der Waals surface area contributed by atoms with E-state index in [-0.39, 0.29) is 0 Å². The Kier molecular flexibility index (Phi) is 4.58. The summed E-state index contributed by atoms with van der Waals surface area (Å²) in [5.41, 5.74) is 3.80. The summed E-state index contributed by atoms with van der Waals surface area (Å²) in [4.78, 5) is 0. The molecular formula is C15H21N3O. The van der Waals surface area contributed by atoms with E-state index in [1.165, 1.54) is 16.8 Å². The molecule has 0 radical (unpaired) electrons. The van der Waals surface area contributed by atoms with Crippen molar-refractivity contribution >= 4 is 0 Å². The summed E-state index contributed by atoms with van der Waals surface area (Å²) >= 11 is 0. The predicted octanol–water partition coefficient (Wildman–Crippen LogP) is 2.07. The van der Waals surface area contributed by atoms with Gasteiger partial charge in [0.1, 0.15) is 5.75 Å². The third kappa shape index (κ3) is 3.58. The van der Waals surface area contributed by atoms with Crippen LogP contribution in [0, 0.1) is 6.92 Å². The molecule has 0 spiro atoms. The minimum atomic E-state index is 0.871. The Labute approximate surface area is 114 Å². The van der Waals surface area contributed by atoms with Gasteiger partial charge in [0.15, 0.2) is 0 Å². The van der Waals surface area contributed by atoms with Gasteiger partial charge in [0.2, 0.25) is 0 Å². The molecule has 0 aliphatic heterocycles. The van der Waals surface area contributed by atoms with Gasteiger partial charge in [0.05, 0.1) is 13.3 Å². The molecule has 4 heteroatoms. The highest BCUT2D eigenvalue weighted by molar-refractivity contribution is 5.27. The molecule has 1 heterocycles. The molecule has 0 fully saturated rings. The molecule has 0 unspecified atom stereocenters. The van der Waals surface area contributed by atoms with Crippen LogP contribution in [0.4, 0.5) is 0 Å². The first-order valence-electron chi connectivity index (χ1n) is 6.52. The van der Waals surface area contributed by atoms with Crippen LogP contribution in [0.15, 0.2) is 30.5 Å². The van der Waals surface area contributed by atoms with Crippen LogP contribution in [0.25, 0.3) is 0 Å². The number of aromatic nitrogens is 2. The smallest absolute Gasteiger partial charge is 0.118 e. The summed E-state index contributed by atoms with van der Waals surface area (Å²) in [5, 5.41) is 7.68. The predicted molar refractivity (Wildman–Crippen MR) is 76.3 cm³/mol. The van der Waals surface area contributed by atoms with Crippen LogP contribution in [0.3, 0.4) is 0 Å². The fourth-order valence-electron chi connectivity index (χ4n) is 1.97. The van der Waals surface area contributed by atoms with Gasteiger partial charge in [-0.2, -0.15) is 5.10 Å². The Bertz CT molecular complexity index is 517. The molecule has 0 bridgehead atoms. The van der Waals surface area contributed by atoms with Gasteiger partial charge in [0, 0.05) is 24.8 Å². The summed E-state index contributed by atoms with van der Waals surface area (Å²) in [5.74, 6) is 0.905. The number of nitrogens with one attached hydrogen (secondary N) is 1. The Hall–Kier alpha value is -1.81. The molecule has 0 amide bonds. The summed E-state index contributed by atoms with van der Waals surface area (Å²) in [7, 11) is 3.66. The quantitative estimate of drug-likeness (QED) is 0.807. The Morgan fingerprint density at radius 1 is 1.26 bits per heavy atom. The van der Waals surface area contributed by atoms with Gasteiger partial charge < -0.3 is 10.1 Å². The monoisotopic (exact) mass is 259 g/mol. The van der Waals surface area contributed by atoms with Crippen molar-refractivity contribution in [3.05, 3.63) is 47.3 Å². The average molecular weight is 259 g/mol. The van der Waals surface area contributed by atoms with Crippen molar-refractivity contribution < 1.29 is 4.74 Å². The third-order valence-electron chi connectivity index (χ3n) is 3.40. The van der Waals surface area contributed by atoms with E-state index in [1.54, 1.807) is 7.11 Å². The molecule has 102 valence electrons. The van der Waals surface area contributed by atoms with E-state index in [9.17, 15) is 0 Å². The fourth-order valence-corrected chi connectivity index (χ4v) is 1.97. The number of aryl methyl sites for hydroxylation is 1. The lowest BCUT2D eigenvalue weighted by atomic mass is 10.1. The Balaban J connectivity index is 1.76. The van der Waals surface area contributed by atoms with Gasteiger partial charge >= 0.3 is 0 Å². The molecule has 1 N–H and O–H groups in total. The number of ether oxygens (including phenoxy) is 1. The van der Waals surface area contributed by atoms with E-state index in [4.69, 9.17) is 4.74 Å². The van der Waals surface area contributed by atoms with Crippen LogP contribution in [0.2, 0.25) is 0 Å². The zero-order chi connectivity index (χ0) is 13.7. The molecule has 0 aliphatic rings. The Morgan fingerprint density at radius 3 is 2.58 bits per heavy atom. The van der Waals surface area contributed by atoms with Crippen LogP contribution < -0.4 is 10.1 Å². The van der Waals surface area contributed by atoms with Gasteiger partial charge in [-0.3, -0.25) is 4.68 Å². The highest BCUT2D eigenvalue weighted by atomic mass is 16.5. The normalized spacial score (nSPS) is 10.7. The van der Waals surface area contributed by atoms with Crippen LogP contribution in [0.1, 0.15) is 16.8 Å². The second-order valence-corrected chi connectivity index (χ2v) is 4.65. The first kappa shape index (κ1) is 13.6. The van der Waals surface area contributed by atoms with Crippen molar-refractivity contribution in [1.82, 2.24) is 15.1 Å². The molecule has 0 saturated heterocycles. The topological polar surface area (TPSA) is 39.1 Å². The lowest BCUT2D eigenvalue weighted by Gasteiger charge is -2.06. The highest BCUT2D eigenvalue weighted by Crippen LogP contribution is 2.11. The number of rotatable bonds is 6. The third-order valence-corrected chi connectivity index (χ3v) is 3.40. The van der Waals surface area contributed by atoms with Crippen LogP contribution in [-0.4, -0.2) is 23.4 Å². The zero-order valence-corrected chi connectivity index (χ0v) is 11.8. The largest absolute Gasteiger partial charge is 0.497 e. The second kappa shape index (κ2) is 6.38. The number of hydrogen-bond acceptors (Lipinski definition) is 3. The van der Waals surface area contributed by atoms with E-state index in [0.717, 1.165) is 25.3 Å². The van der Waals surface area contributed by atoms with E-state index in [0.29, 0.717) is 0 Å². The van der Waals surface area contributed by atoms with E-state index in [1.807, 2.05) is 30.1 Å². The van der Waals surface area contributed by atoms with Gasteiger partial charge in [-0.05, 0) is 37.6 Å². The van der Waals surface area contributed by atoms with Crippen molar-refractivity contribution in [2.24, 2.45) is 7.05 Å². The maximum atomic E-state index is 5.14. The SMILES string of the molecule is COc1ccc(CCNCc2cnn(C)c2C)cc1. The van der Waals surface area contributed by atoms with Gasteiger partial charge in [-0.1, -0.05) is 12.1 Å². The van der Waals surface area contributed by atoms with Crippen LogP contribution >= 0.6 is 0 Å². The van der Waals surface area contributed by atoms with Crippen LogP contribution in [-0.2, 0) is 20.0 Å². The number of benzene rings is 1. The first-order chi connectivity index (χ1) is 9.20. The van der Waals surface area contributed by atoms with Crippen molar-refractivity contribution in [2.75, 3.05) is 13.7 Å². The van der Waals surface area contributed by atoms with Gasteiger partial charge in [0.25, 0.3) is 0 Å². The van der Waals surface area contributed by atoms with Crippen molar-refractivity contribution in [3.63, 3.8) is 0 Å². The molecule has 2 rings (SSSR count). The number of nitrogens with zero attached hydrogens (tertiary/aromatic N) is 2. The molecule has 2 aromatic rings. The van der Waals surface area contributed by atoms with Crippen molar-refractivity contribution in [2.45, 2.75) is 19.9 Å². The minimum absolute atomic E-state index is 0.871. The lowest BCUT2D eigenvalue weighted by Crippen LogP contribution is -2.17. The van der Waals surface area contributed by atoms with Crippen molar-refractivity contribution in [1.29, 1.82) is 0 Å². The second-order valence-electron chi connectivity index (χ2n) is 4.65. The number of hydrogen-bond donors (Lipinski definition) is 1. The number of methoxy groups -OCH3 is 1. The highest BCUT2D eigenvalue weighted by Gasteiger charge is 2.02. The van der Waals surface area contributed by atoms with E-state index >= 15 is 0 Å². The zero-order valence-electron chi connectivity index (χ0n) is 11.8. The molecule has 0 saturated carbocycles.